The highest BCUT2D eigenvalue weighted by Gasteiger charge is 2.16. The molecule has 0 saturated carbocycles. The highest BCUT2D eigenvalue weighted by Crippen LogP contribution is 2.19. The zero-order valence-corrected chi connectivity index (χ0v) is 14.1. The van der Waals surface area contributed by atoms with Crippen molar-refractivity contribution in [3.8, 4) is 0 Å². The van der Waals surface area contributed by atoms with Crippen molar-refractivity contribution < 1.29 is 4.74 Å². The third-order valence-corrected chi connectivity index (χ3v) is 4.47. The second-order valence-corrected chi connectivity index (χ2v) is 6.37. The Morgan fingerprint density at radius 1 is 1.21 bits per heavy atom. The zero-order chi connectivity index (χ0) is 16.6. The monoisotopic (exact) mass is 340 g/mol. The Labute approximate surface area is 146 Å². The van der Waals surface area contributed by atoms with Gasteiger partial charge >= 0.3 is 0 Å². The summed E-state index contributed by atoms with van der Waals surface area (Å²) in [5.74, 6) is 0.788. The summed E-state index contributed by atoms with van der Waals surface area (Å²) in [4.78, 5) is 0. The first-order chi connectivity index (χ1) is 11.8. The molecule has 1 unspecified atom stereocenters. The highest BCUT2D eigenvalue weighted by atomic mass is 32.2. The fourth-order valence-corrected chi connectivity index (χ4v) is 2.94. The van der Waals surface area contributed by atoms with Crippen LogP contribution in [0.4, 0.5) is 0 Å². The first-order valence-corrected chi connectivity index (χ1v) is 8.75. The van der Waals surface area contributed by atoms with Gasteiger partial charge in [-0.25, -0.2) is 0 Å². The quantitative estimate of drug-likeness (QED) is 0.499. The molecule has 1 aliphatic rings. The van der Waals surface area contributed by atoms with Crippen molar-refractivity contribution in [2.75, 3.05) is 13.3 Å². The van der Waals surface area contributed by atoms with Gasteiger partial charge in [0.05, 0.1) is 19.0 Å². The Morgan fingerprint density at radius 3 is 2.71 bits per heavy atom. The van der Waals surface area contributed by atoms with E-state index in [9.17, 15) is 0 Å². The largest absolute Gasteiger partial charge is 0.377 e. The molecular weight excluding hydrogens is 320 g/mol. The molecule has 0 aromatic heterocycles. The van der Waals surface area contributed by atoms with Crippen LogP contribution in [-0.2, 0) is 10.5 Å². The van der Waals surface area contributed by atoms with Gasteiger partial charge in [-0.05, 0) is 16.7 Å². The number of amidine groups is 1. The van der Waals surface area contributed by atoms with Crippen LogP contribution in [0.1, 0.15) is 22.8 Å². The lowest BCUT2D eigenvalue weighted by molar-refractivity contribution is 0.114. The van der Waals surface area contributed by atoms with Crippen molar-refractivity contribution in [1.82, 2.24) is 5.32 Å². The first kappa shape index (κ1) is 16.7. The van der Waals surface area contributed by atoms with E-state index >= 15 is 0 Å². The molecule has 3 rings (SSSR count). The van der Waals surface area contributed by atoms with Crippen molar-refractivity contribution in [1.29, 1.82) is 0 Å². The van der Waals surface area contributed by atoms with Crippen LogP contribution in [0.5, 0.6) is 0 Å². The molecule has 1 atom stereocenters. The molecule has 0 amide bonds. The lowest BCUT2D eigenvalue weighted by Gasteiger charge is -2.08. The predicted molar refractivity (Wildman–Crippen MR) is 100 cm³/mol. The van der Waals surface area contributed by atoms with Gasteiger partial charge in [-0.3, -0.25) is 5.32 Å². The van der Waals surface area contributed by atoms with E-state index in [4.69, 9.17) is 10.5 Å². The number of hydrogen-bond acceptors (Lipinski definition) is 5. The van der Waals surface area contributed by atoms with Crippen molar-refractivity contribution >= 4 is 23.1 Å². The van der Waals surface area contributed by atoms with E-state index in [0.717, 1.165) is 17.9 Å². The van der Waals surface area contributed by atoms with E-state index in [1.54, 1.807) is 6.21 Å². The molecule has 2 aromatic rings. The Balaban J connectivity index is 1.51. The average molecular weight is 340 g/mol. The fourth-order valence-electron chi connectivity index (χ4n) is 2.33. The summed E-state index contributed by atoms with van der Waals surface area (Å²) in [6, 6.07) is 18.3. The maximum absolute atomic E-state index is 5.87. The summed E-state index contributed by atoms with van der Waals surface area (Å²) in [5.41, 5.74) is 9.23. The SMILES string of the molecule is NC(=NN=Cc1ccc(C2CNCO2)cc1)SCc1ccccc1. The highest BCUT2D eigenvalue weighted by molar-refractivity contribution is 8.13. The number of nitrogens with two attached hydrogens (primary N) is 1. The number of hydrogen-bond donors (Lipinski definition) is 2. The molecule has 1 heterocycles. The molecule has 1 saturated heterocycles. The number of nitrogens with one attached hydrogen (secondary N) is 1. The minimum Gasteiger partial charge on any atom is -0.377 e. The molecule has 2 aromatic carbocycles. The third kappa shape index (κ3) is 4.92. The molecule has 1 aliphatic heterocycles. The van der Waals surface area contributed by atoms with E-state index in [1.807, 2.05) is 30.3 Å². The first-order valence-electron chi connectivity index (χ1n) is 7.77. The molecule has 124 valence electrons. The normalized spacial score (nSPS) is 18.3. The van der Waals surface area contributed by atoms with Gasteiger partial charge in [-0.15, -0.1) is 5.10 Å². The fraction of sp³-hybridized carbons (Fsp3) is 0.222. The van der Waals surface area contributed by atoms with Gasteiger partial charge in [0.2, 0.25) is 0 Å². The maximum Gasteiger partial charge on any atom is 0.180 e. The topological polar surface area (TPSA) is 72.0 Å². The number of thioether (sulfide) groups is 1. The van der Waals surface area contributed by atoms with Gasteiger partial charge in [0.15, 0.2) is 5.17 Å². The number of benzene rings is 2. The zero-order valence-electron chi connectivity index (χ0n) is 13.3. The van der Waals surface area contributed by atoms with Crippen LogP contribution >= 0.6 is 11.8 Å². The number of ether oxygens (including phenoxy) is 1. The Hall–Kier alpha value is -2.15. The summed E-state index contributed by atoms with van der Waals surface area (Å²) >= 11 is 1.47. The van der Waals surface area contributed by atoms with Crippen LogP contribution in [-0.4, -0.2) is 24.7 Å². The molecule has 3 N–H and O–H groups in total. The summed E-state index contributed by atoms with van der Waals surface area (Å²) in [6.07, 6.45) is 1.84. The Morgan fingerprint density at radius 2 is 2.00 bits per heavy atom. The summed E-state index contributed by atoms with van der Waals surface area (Å²) in [5, 5.41) is 11.7. The standard InChI is InChI=1S/C18H20N4OS/c19-18(24-12-15-4-2-1-3-5-15)22-21-10-14-6-8-16(9-7-14)17-11-20-13-23-17/h1-10,17,20H,11-13H2,(H2,19,22). The minimum atomic E-state index is 0.138. The van der Waals surface area contributed by atoms with E-state index in [-0.39, 0.29) is 6.10 Å². The van der Waals surface area contributed by atoms with Crippen molar-refractivity contribution in [2.45, 2.75) is 11.9 Å². The molecule has 0 radical (unpaired) electrons. The molecule has 6 heteroatoms. The summed E-state index contributed by atoms with van der Waals surface area (Å²) in [6.45, 7) is 1.47. The molecule has 0 aliphatic carbocycles. The van der Waals surface area contributed by atoms with Gasteiger partial charge < -0.3 is 10.5 Å². The smallest absolute Gasteiger partial charge is 0.180 e. The van der Waals surface area contributed by atoms with Crippen molar-refractivity contribution in [2.24, 2.45) is 15.9 Å². The van der Waals surface area contributed by atoms with E-state index < -0.39 is 0 Å². The lowest BCUT2D eigenvalue weighted by atomic mass is 10.1. The van der Waals surface area contributed by atoms with E-state index in [2.05, 4.69) is 39.8 Å². The van der Waals surface area contributed by atoms with Gasteiger partial charge in [0, 0.05) is 12.3 Å². The second kappa shape index (κ2) is 8.63. The molecule has 0 bridgehead atoms. The van der Waals surface area contributed by atoms with Gasteiger partial charge in [-0.1, -0.05) is 66.4 Å². The average Bonchev–Trinajstić information content (AvgIpc) is 3.16. The Kier molecular flexibility index (Phi) is 6.01. The minimum absolute atomic E-state index is 0.138. The van der Waals surface area contributed by atoms with Crippen LogP contribution < -0.4 is 11.1 Å². The summed E-state index contributed by atoms with van der Waals surface area (Å²) in [7, 11) is 0. The van der Waals surface area contributed by atoms with Crippen LogP contribution in [0.25, 0.3) is 0 Å². The van der Waals surface area contributed by atoms with Crippen LogP contribution in [0.3, 0.4) is 0 Å². The molecule has 24 heavy (non-hydrogen) atoms. The van der Waals surface area contributed by atoms with Crippen LogP contribution in [0, 0.1) is 0 Å². The third-order valence-electron chi connectivity index (χ3n) is 3.62. The second-order valence-electron chi connectivity index (χ2n) is 5.38. The lowest BCUT2D eigenvalue weighted by Crippen LogP contribution is -2.07. The van der Waals surface area contributed by atoms with Gasteiger partial charge in [0.25, 0.3) is 0 Å². The van der Waals surface area contributed by atoms with Crippen molar-refractivity contribution in [3.63, 3.8) is 0 Å². The van der Waals surface area contributed by atoms with Crippen LogP contribution in [0.2, 0.25) is 0 Å². The molecule has 0 spiro atoms. The van der Waals surface area contributed by atoms with Gasteiger partial charge in [0.1, 0.15) is 0 Å². The summed E-state index contributed by atoms with van der Waals surface area (Å²) < 4.78 is 5.57. The molecule has 1 fully saturated rings. The molecular formula is C18H20N4OS. The van der Waals surface area contributed by atoms with Crippen molar-refractivity contribution in [3.05, 3.63) is 71.3 Å². The van der Waals surface area contributed by atoms with Gasteiger partial charge in [-0.2, -0.15) is 5.10 Å². The number of rotatable bonds is 5. The predicted octanol–water partition coefficient (Wildman–Crippen LogP) is 2.89. The van der Waals surface area contributed by atoms with E-state index in [0.29, 0.717) is 11.9 Å². The maximum atomic E-state index is 5.87. The number of nitrogens with zero attached hydrogens (tertiary/aromatic N) is 2. The Bertz CT molecular complexity index is 695. The van der Waals surface area contributed by atoms with E-state index in [1.165, 1.54) is 22.9 Å². The molecule has 5 nitrogen and oxygen atoms in total. The van der Waals surface area contributed by atoms with Crippen LogP contribution in [0.15, 0.2) is 64.8 Å².